The summed E-state index contributed by atoms with van der Waals surface area (Å²) in [5.74, 6) is 1.14. The Balaban J connectivity index is 2.52. The molecule has 3 nitrogen and oxygen atoms in total. The van der Waals surface area contributed by atoms with Gasteiger partial charge in [-0.05, 0) is 18.2 Å². The van der Waals surface area contributed by atoms with Crippen molar-refractivity contribution in [3.8, 4) is 0 Å². The Morgan fingerprint density at radius 3 is 2.60 bits per heavy atom. The number of rotatable bonds is 2. The lowest BCUT2D eigenvalue weighted by Gasteiger charge is -2.10. The molecule has 0 aliphatic heterocycles. The molecule has 0 radical (unpaired) electrons. The molecular weight excluding hydrogens is 188 g/mol. The molecule has 3 heteroatoms. The lowest BCUT2D eigenvalue weighted by molar-refractivity contribution is 0.501. The summed E-state index contributed by atoms with van der Waals surface area (Å²) in [7, 11) is 4.04. The zero-order chi connectivity index (χ0) is 11.0. The third kappa shape index (κ3) is 1.82. The molecule has 2 aromatic rings. The molecule has 0 saturated carbocycles. The van der Waals surface area contributed by atoms with E-state index in [0.717, 1.165) is 22.7 Å². The predicted octanol–water partition coefficient (Wildman–Crippen LogP) is 3.02. The fraction of sp³-hybridized carbons (Fsp3) is 0.417. The first kappa shape index (κ1) is 10.0. The Bertz CT molecular complexity index is 465. The molecule has 80 valence electrons. The summed E-state index contributed by atoms with van der Waals surface area (Å²) >= 11 is 0. The average molecular weight is 204 g/mol. The van der Waals surface area contributed by atoms with E-state index >= 15 is 0 Å². The predicted molar refractivity (Wildman–Crippen MR) is 62.4 cm³/mol. The third-order valence-electron chi connectivity index (χ3n) is 2.40. The first-order valence-corrected chi connectivity index (χ1v) is 5.15. The topological polar surface area (TPSA) is 29.3 Å². The third-order valence-corrected chi connectivity index (χ3v) is 2.40. The summed E-state index contributed by atoms with van der Waals surface area (Å²) < 4.78 is 5.63. The molecule has 2 rings (SSSR count). The molecule has 0 fully saturated rings. The van der Waals surface area contributed by atoms with Gasteiger partial charge in [-0.15, -0.1) is 0 Å². The van der Waals surface area contributed by atoms with Gasteiger partial charge in [0.05, 0.1) is 0 Å². The maximum atomic E-state index is 5.63. The zero-order valence-electron chi connectivity index (χ0n) is 9.61. The van der Waals surface area contributed by atoms with E-state index in [4.69, 9.17) is 4.42 Å². The van der Waals surface area contributed by atoms with E-state index in [9.17, 15) is 0 Å². The minimum Gasteiger partial charge on any atom is -0.440 e. The number of aromatic nitrogens is 1. The van der Waals surface area contributed by atoms with E-state index in [1.54, 1.807) is 0 Å². The van der Waals surface area contributed by atoms with Crippen molar-refractivity contribution in [3.05, 3.63) is 24.1 Å². The van der Waals surface area contributed by atoms with Crippen LogP contribution < -0.4 is 4.90 Å². The summed E-state index contributed by atoms with van der Waals surface area (Å²) in [6, 6.07) is 6.06. The van der Waals surface area contributed by atoms with Crippen LogP contribution in [0.5, 0.6) is 0 Å². The summed E-state index contributed by atoms with van der Waals surface area (Å²) in [6.45, 7) is 4.16. The van der Waals surface area contributed by atoms with E-state index in [1.165, 1.54) is 0 Å². The maximum absolute atomic E-state index is 5.63. The Labute approximate surface area is 89.7 Å². The number of benzene rings is 1. The maximum Gasteiger partial charge on any atom is 0.198 e. The van der Waals surface area contributed by atoms with Crippen LogP contribution in [0.4, 0.5) is 5.69 Å². The highest BCUT2D eigenvalue weighted by Crippen LogP contribution is 2.24. The minimum atomic E-state index is 0.334. The summed E-state index contributed by atoms with van der Waals surface area (Å²) in [6.07, 6.45) is 0. The van der Waals surface area contributed by atoms with Crippen molar-refractivity contribution in [2.24, 2.45) is 0 Å². The van der Waals surface area contributed by atoms with Crippen molar-refractivity contribution in [3.63, 3.8) is 0 Å². The highest BCUT2D eigenvalue weighted by molar-refractivity contribution is 5.77. The molecule has 0 amide bonds. The Morgan fingerprint density at radius 1 is 1.27 bits per heavy atom. The second kappa shape index (κ2) is 3.57. The number of hydrogen-bond acceptors (Lipinski definition) is 3. The fourth-order valence-electron chi connectivity index (χ4n) is 1.46. The molecule has 0 unspecified atom stereocenters. The van der Waals surface area contributed by atoms with E-state index < -0.39 is 0 Å². The molecule has 0 bridgehead atoms. The SMILES string of the molecule is CC(C)c1nc2cc(N(C)C)ccc2o1. The first-order chi connectivity index (χ1) is 7.08. The summed E-state index contributed by atoms with van der Waals surface area (Å²) in [5.41, 5.74) is 2.94. The van der Waals surface area contributed by atoms with Crippen LogP contribution in [-0.4, -0.2) is 19.1 Å². The number of hydrogen-bond donors (Lipinski definition) is 0. The van der Waals surface area contributed by atoms with Gasteiger partial charge in [-0.1, -0.05) is 13.8 Å². The molecule has 1 aromatic heterocycles. The van der Waals surface area contributed by atoms with Gasteiger partial charge in [0.2, 0.25) is 0 Å². The van der Waals surface area contributed by atoms with Crippen molar-refractivity contribution >= 4 is 16.8 Å². The molecular formula is C12H16N2O. The monoisotopic (exact) mass is 204 g/mol. The number of nitrogens with zero attached hydrogens (tertiary/aromatic N) is 2. The second-order valence-electron chi connectivity index (χ2n) is 4.25. The van der Waals surface area contributed by atoms with Crippen LogP contribution in [0.2, 0.25) is 0 Å². The number of oxazole rings is 1. The Hall–Kier alpha value is -1.51. The molecule has 1 aromatic carbocycles. The van der Waals surface area contributed by atoms with Crippen LogP contribution in [0.1, 0.15) is 25.7 Å². The van der Waals surface area contributed by atoms with Crippen LogP contribution in [0.15, 0.2) is 22.6 Å². The highest BCUT2D eigenvalue weighted by atomic mass is 16.3. The van der Waals surface area contributed by atoms with Gasteiger partial charge in [-0.2, -0.15) is 0 Å². The second-order valence-corrected chi connectivity index (χ2v) is 4.25. The number of anilines is 1. The van der Waals surface area contributed by atoms with E-state index in [2.05, 4.69) is 23.7 Å². The molecule has 0 saturated heterocycles. The van der Waals surface area contributed by atoms with Gasteiger partial charge in [-0.3, -0.25) is 0 Å². The van der Waals surface area contributed by atoms with Crippen molar-refractivity contribution in [2.75, 3.05) is 19.0 Å². The molecule has 0 aliphatic carbocycles. The molecule has 0 spiro atoms. The first-order valence-electron chi connectivity index (χ1n) is 5.15. The quantitative estimate of drug-likeness (QED) is 0.753. The smallest absolute Gasteiger partial charge is 0.198 e. The molecule has 0 atom stereocenters. The van der Waals surface area contributed by atoms with Crippen LogP contribution in [-0.2, 0) is 0 Å². The van der Waals surface area contributed by atoms with Crippen LogP contribution >= 0.6 is 0 Å². The van der Waals surface area contributed by atoms with E-state index in [0.29, 0.717) is 5.92 Å². The van der Waals surface area contributed by atoms with Gasteiger partial charge in [0, 0.05) is 25.7 Å². The fourth-order valence-corrected chi connectivity index (χ4v) is 1.46. The normalized spacial score (nSPS) is 11.3. The van der Waals surface area contributed by atoms with Crippen LogP contribution in [0.3, 0.4) is 0 Å². The highest BCUT2D eigenvalue weighted by Gasteiger charge is 2.09. The number of fused-ring (bicyclic) bond motifs is 1. The van der Waals surface area contributed by atoms with E-state index in [-0.39, 0.29) is 0 Å². The Kier molecular flexibility index (Phi) is 2.39. The van der Waals surface area contributed by atoms with Gasteiger partial charge >= 0.3 is 0 Å². The zero-order valence-corrected chi connectivity index (χ0v) is 9.61. The van der Waals surface area contributed by atoms with Crippen LogP contribution in [0.25, 0.3) is 11.1 Å². The summed E-state index contributed by atoms with van der Waals surface area (Å²) in [5, 5.41) is 0. The summed E-state index contributed by atoms with van der Waals surface area (Å²) in [4.78, 5) is 6.52. The van der Waals surface area contributed by atoms with Crippen molar-refractivity contribution in [1.29, 1.82) is 0 Å². The largest absolute Gasteiger partial charge is 0.440 e. The Morgan fingerprint density at radius 2 is 2.00 bits per heavy atom. The van der Waals surface area contributed by atoms with Gasteiger partial charge in [0.1, 0.15) is 5.52 Å². The van der Waals surface area contributed by atoms with Gasteiger partial charge in [-0.25, -0.2) is 4.98 Å². The molecule has 15 heavy (non-hydrogen) atoms. The minimum absolute atomic E-state index is 0.334. The van der Waals surface area contributed by atoms with Gasteiger partial charge in [0.25, 0.3) is 0 Å². The average Bonchev–Trinajstić information content (AvgIpc) is 2.59. The molecule has 1 heterocycles. The van der Waals surface area contributed by atoms with Crippen molar-refractivity contribution in [1.82, 2.24) is 4.98 Å². The van der Waals surface area contributed by atoms with Crippen LogP contribution in [0, 0.1) is 0 Å². The van der Waals surface area contributed by atoms with Crippen molar-refractivity contribution < 1.29 is 4.42 Å². The standard InChI is InChI=1S/C12H16N2O/c1-8(2)12-13-10-7-9(14(3)4)5-6-11(10)15-12/h5-8H,1-4H3. The van der Waals surface area contributed by atoms with E-state index in [1.807, 2.05) is 32.3 Å². The van der Waals surface area contributed by atoms with Gasteiger partial charge < -0.3 is 9.32 Å². The lowest BCUT2D eigenvalue weighted by atomic mass is 10.2. The molecule has 0 aliphatic rings. The van der Waals surface area contributed by atoms with Crippen molar-refractivity contribution in [2.45, 2.75) is 19.8 Å². The molecule has 0 N–H and O–H groups in total. The lowest BCUT2D eigenvalue weighted by Crippen LogP contribution is -2.07. The van der Waals surface area contributed by atoms with Gasteiger partial charge in [0.15, 0.2) is 11.5 Å².